The Kier molecular flexibility index (Phi) is 3.81. The van der Waals surface area contributed by atoms with Gasteiger partial charge in [-0.1, -0.05) is 30.3 Å². The zero-order valence-corrected chi connectivity index (χ0v) is 14.9. The molecule has 0 unspecified atom stereocenters. The summed E-state index contributed by atoms with van der Waals surface area (Å²) in [5.41, 5.74) is 3.73. The van der Waals surface area contributed by atoms with Crippen molar-refractivity contribution in [1.29, 1.82) is 0 Å². The van der Waals surface area contributed by atoms with E-state index in [9.17, 15) is 5.11 Å². The molecule has 0 amide bonds. The maximum absolute atomic E-state index is 10.2. The second-order valence-electron chi connectivity index (χ2n) is 6.99. The standard InChI is InChI=1S/C21H21N5O/c27-20-9-5-4-8-17(20)18-12-19-21(24-23-18)22-13-16-14-25(10-11-26(16)19)15-6-2-1-3-7-15/h1-9,12,16,27H,10-11,13-14H2,(H,22,24)/t16-/m0/s1. The fraction of sp³-hybridized carbons (Fsp3) is 0.238. The van der Waals surface area contributed by atoms with E-state index < -0.39 is 0 Å². The molecule has 3 aromatic rings. The molecule has 2 aliphatic rings. The van der Waals surface area contributed by atoms with Gasteiger partial charge in [0.2, 0.25) is 0 Å². The normalized spacial score (nSPS) is 18.4. The fourth-order valence-electron chi connectivity index (χ4n) is 3.98. The van der Waals surface area contributed by atoms with Gasteiger partial charge in [0.05, 0.1) is 17.4 Å². The third kappa shape index (κ3) is 2.83. The molecular weight excluding hydrogens is 338 g/mol. The molecule has 0 radical (unpaired) electrons. The van der Waals surface area contributed by atoms with E-state index in [1.165, 1.54) is 5.69 Å². The number of fused-ring (bicyclic) bond motifs is 3. The first-order valence-electron chi connectivity index (χ1n) is 9.26. The predicted molar refractivity (Wildman–Crippen MR) is 107 cm³/mol. The Morgan fingerprint density at radius 1 is 0.963 bits per heavy atom. The van der Waals surface area contributed by atoms with E-state index >= 15 is 0 Å². The molecule has 1 saturated heterocycles. The minimum absolute atomic E-state index is 0.223. The number of benzene rings is 2. The molecule has 0 bridgehead atoms. The summed E-state index contributed by atoms with van der Waals surface area (Å²) in [5, 5.41) is 22.3. The molecule has 2 N–H and O–H groups in total. The van der Waals surface area contributed by atoms with Crippen molar-refractivity contribution in [3.8, 4) is 17.0 Å². The molecule has 6 heteroatoms. The van der Waals surface area contributed by atoms with Gasteiger partial charge in [0, 0.05) is 37.4 Å². The zero-order valence-electron chi connectivity index (χ0n) is 14.9. The molecule has 1 fully saturated rings. The Hall–Kier alpha value is -3.28. The summed E-state index contributed by atoms with van der Waals surface area (Å²) in [6.07, 6.45) is 0. The quantitative estimate of drug-likeness (QED) is 0.733. The van der Waals surface area contributed by atoms with Crippen LogP contribution in [0.3, 0.4) is 0 Å². The number of phenols is 1. The van der Waals surface area contributed by atoms with E-state index in [2.05, 4.69) is 55.6 Å². The van der Waals surface area contributed by atoms with Crippen molar-refractivity contribution >= 4 is 17.2 Å². The molecule has 1 aromatic heterocycles. The summed E-state index contributed by atoms with van der Waals surface area (Å²) in [6, 6.07) is 20.2. The number of aromatic nitrogens is 2. The number of piperazine rings is 1. The molecular formula is C21H21N5O. The van der Waals surface area contributed by atoms with Crippen molar-refractivity contribution < 1.29 is 5.11 Å². The van der Waals surface area contributed by atoms with Crippen molar-refractivity contribution in [3.05, 3.63) is 60.7 Å². The van der Waals surface area contributed by atoms with Gasteiger partial charge in [0.1, 0.15) is 5.75 Å². The number of rotatable bonds is 2. The highest BCUT2D eigenvalue weighted by atomic mass is 16.3. The molecule has 5 rings (SSSR count). The van der Waals surface area contributed by atoms with Crippen LogP contribution in [0.1, 0.15) is 0 Å². The lowest BCUT2D eigenvalue weighted by Gasteiger charge is -2.46. The second-order valence-corrected chi connectivity index (χ2v) is 6.99. The lowest BCUT2D eigenvalue weighted by Crippen LogP contribution is -2.58. The molecule has 3 heterocycles. The number of aromatic hydroxyl groups is 1. The Balaban J connectivity index is 1.45. The Bertz CT molecular complexity index is 962. The average molecular weight is 359 g/mol. The van der Waals surface area contributed by atoms with Crippen LogP contribution in [-0.2, 0) is 0 Å². The number of nitrogens with zero attached hydrogens (tertiary/aromatic N) is 4. The lowest BCUT2D eigenvalue weighted by atomic mass is 10.1. The molecule has 2 aromatic carbocycles. The molecule has 2 aliphatic heterocycles. The molecule has 6 nitrogen and oxygen atoms in total. The zero-order chi connectivity index (χ0) is 18.2. The van der Waals surface area contributed by atoms with Crippen molar-refractivity contribution in [2.45, 2.75) is 6.04 Å². The summed E-state index contributed by atoms with van der Waals surface area (Å²) in [6.45, 7) is 3.71. The summed E-state index contributed by atoms with van der Waals surface area (Å²) in [5.74, 6) is 1.04. The van der Waals surface area contributed by atoms with Gasteiger partial charge in [-0.15, -0.1) is 10.2 Å². The van der Waals surface area contributed by atoms with Crippen LogP contribution in [0.5, 0.6) is 5.75 Å². The molecule has 0 aliphatic carbocycles. The van der Waals surface area contributed by atoms with Crippen LogP contribution < -0.4 is 15.1 Å². The van der Waals surface area contributed by atoms with E-state index in [-0.39, 0.29) is 5.75 Å². The van der Waals surface area contributed by atoms with Crippen LogP contribution in [0, 0.1) is 0 Å². The van der Waals surface area contributed by atoms with E-state index in [1.807, 2.05) is 24.3 Å². The lowest BCUT2D eigenvalue weighted by molar-refractivity contribution is 0.477. The summed E-state index contributed by atoms with van der Waals surface area (Å²) >= 11 is 0. The maximum atomic E-state index is 10.2. The average Bonchev–Trinajstić information content (AvgIpc) is 2.74. The molecule has 1 atom stereocenters. The van der Waals surface area contributed by atoms with Gasteiger partial charge < -0.3 is 20.2 Å². The highest BCUT2D eigenvalue weighted by Crippen LogP contribution is 2.36. The minimum Gasteiger partial charge on any atom is -0.507 e. The first-order chi connectivity index (χ1) is 13.3. The monoisotopic (exact) mass is 359 g/mol. The van der Waals surface area contributed by atoms with Crippen LogP contribution in [-0.4, -0.2) is 47.5 Å². The smallest absolute Gasteiger partial charge is 0.172 e. The number of hydrogen-bond donors (Lipinski definition) is 2. The fourth-order valence-corrected chi connectivity index (χ4v) is 3.98. The third-order valence-corrected chi connectivity index (χ3v) is 5.37. The van der Waals surface area contributed by atoms with Gasteiger partial charge in [-0.3, -0.25) is 0 Å². The number of hydrogen-bond acceptors (Lipinski definition) is 6. The maximum Gasteiger partial charge on any atom is 0.172 e. The highest BCUT2D eigenvalue weighted by Gasteiger charge is 2.33. The minimum atomic E-state index is 0.223. The summed E-state index contributed by atoms with van der Waals surface area (Å²) in [4.78, 5) is 4.86. The summed E-state index contributed by atoms with van der Waals surface area (Å²) < 4.78 is 0. The van der Waals surface area contributed by atoms with E-state index in [1.54, 1.807) is 6.07 Å². The Morgan fingerprint density at radius 3 is 2.63 bits per heavy atom. The van der Waals surface area contributed by atoms with Gasteiger partial charge in [0.25, 0.3) is 0 Å². The van der Waals surface area contributed by atoms with Crippen LogP contribution in [0.15, 0.2) is 60.7 Å². The third-order valence-electron chi connectivity index (χ3n) is 5.37. The van der Waals surface area contributed by atoms with Gasteiger partial charge in [-0.05, 0) is 30.3 Å². The molecule has 27 heavy (non-hydrogen) atoms. The van der Waals surface area contributed by atoms with Gasteiger partial charge >= 0.3 is 0 Å². The van der Waals surface area contributed by atoms with Crippen molar-refractivity contribution in [2.75, 3.05) is 41.3 Å². The SMILES string of the molecule is Oc1ccccc1-c1cc2c(nn1)NC[C@H]1CN(c3ccccc3)CCN21. The highest BCUT2D eigenvalue weighted by molar-refractivity contribution is 5.76. The second kappa shape index (κ2) is 6.46. The van der Waals surface area contributed by atoms with Crippen molar-refractivity contribution in [3.63, 3.8) is 0 Å². The first-order valence-corrected chi connectivity index (χ1v) is 9.26. The number of anilines is 3. The summed E-state index contributed by atoms with van der Waals surface area (Å²) in [7, 11) is 0. The topological polar surface area (TPSA) is 64.5 Å². The van der Waals surface area contributed by atoms with Crippen LogP contribution in [0.25, 0.3) is 11.3 Å². The number of para-hydroxylation sites is 2. The Morgan fingerprint density at radius 2 is 1.78 bits per heavy atom. The van der Waals surface area contributed by atoms with Gasteiger partial charge in [0.15, 0.2) is 5.82 Å². The van der Waals surface area contributed by atoms with Crippen molar-refractivity contribution in [2.24, 2.45) is 0 Å². The molecule has 0 saturated carbocycles. The molecule has 0 spiro atoms. The van der Waals surface area contributed by atoms with Crippen LogP contribution >= 0.6 is 0 Å². The first kappa shape index (κ1) is 15.9. The van der Waals surface area contributed by atoms with Gasteiger partial charge in [-0.25, -0.2) is 0 Å². The van der Waals surface area contributed by atoms with Gasteiger partial charge in [-0.2, -0.15) is 0 Å². The van der Waals surface area contributed by atoms with E-state index in [0.29, 0.717) is 17.3 Å². The van der Waals surface area contributed by atoms with Crippen molar-refractivity contribution in [1.82, 2.24) is 10.2 Å². The van der Waals surface area contributed by atoms with Crippen LogP contribution in [0.4, 0.5) is 17.2 Å². The van der Waals surface area contributed by atoms with E-state index in [4.69, 9.17) is 0 Å². The predicted octanol–water partition coefficient (Wildman–Crippen LogP) is 2.97. The Labute approximate surface area is 158 Å². The number of phenolic OH excluding ortho intramolecular Hbond substituents is 1. The number of nitrogens with one attached hydrogen (secondary N) is 1. The molecule has 136 valence electrons. The van der Waals surface area contributed by atoms with E-state index in [0.717, 1.165) is 37.7 Å². The van der Waals surface area contributed by atoms with Crippen LogP contribution in [0.2, 0.25) is 0 Å². The largest absolute Gasteiger partial charge is 0.507 e.